The predicted molar refractivity (Wildman–Crippen MR) is 135 cm³/mol. The molecule has 1 aliphatic heterocycles. The number of rotatable bonds is 6. The number of anilines is 1. The molecule has 0 amide bonds. The normalized spacial score (nSPS) is 15.4. The number of nitrogens with one attached hydrogen (secondary N) is 1. The summed E-state index contributed by atoms with van der Waals surface area (Å²) in [5, 5.41) is 4.52. The Kier molecular flexibility index (Phi) is 6.86. The van der Waals surface area contributed by atoms with Crippen LogP contribution in [0.25, 0.3) is 10.9 Å². The molecule has 5 rings (SSSR count). The number of halogens is 5. The van der Waals surface area contributed by atoms with Crippen molar-refractivity contribution in [2.75, 3.05) is 18.4 Å². The van der Waals surface area contributed by atoms with E-state index in [0.717, 1.165) is 43.6 Å². The second-order valence-electron chi connectivity index (χ2n) is 9.05. The number of nitrogens with zero attached hydrogens (tertiary/aromatic N) is 2. The van der Waals surface area contributed by atoms with Crippen LogP contribution < -0.4 is 5.32 Å². The van der Waals surface area contributed by atoms with Gasteiger partial charge in [-0.05, 0) is 73.5 Å². The van der Waals surface area contributed by atoms with Gasteiger partial charge in [-0.15, -0.1) is 0 Å². The number of pyridine rings is 1. The van der Waals surface area contributed by atoms with Gasteiger partial charge >= 0.3 is 6.18 Å². The molecule has 1 N–H and O–H groups in total. The minimum absolute atomic E-state index is 0.219. The van der Waals surface area contributed by atoms with E-state index in [9.17, 15) is 13.2 Å². The van der Waals surface area contributed by atoms with Crippen molar-refractivity contribution < 1.29 is 17.6 Å². The molecular formula is C28H24ClF4N3. The Morgan fingerprint density at radius 2 is 1.64 bits per heavy atom. The Labute approximate surface area is 211 Å². The summed E-state index contributed by atoms with van der Waals surface area (Å²) in [5.74, 6) is -0.283. The molecule has 0 spiro atoms. The summed E-state index contributed by atoms with van der Waals surface area (Å²) in [6.07, 6.45) is -0.734. The summed E-state index contributed by atoms with van der Waals surface area (Å²) in [6, 6.07) is 17.2. The molecule has 0 aliphatic carbocycles. The van der Waals surface area contributed by atoms with E-state index in [1.54, 1.807) is 18.2 Å². The Bertz CT molecular complexity index is 1370. The number of fused-ring (bicyclic) bond motifs is 1. The van der Waals surface area contributed by atoms with E-state index < -0.39 is 17.8 Å². The first-order valence-electron chi connectivity index (χ1n) is 11.8. The van der Waals surface area contributed by atoms with Crippen LogP contribution in [0.15, 0.2) is 72.9 Å². The van der Waals surface area contributed by atoms with E-state index in [1.807, 2.05) is 24.3 Å². The van der Waals surface area contributed by atoms with Crippen molar-refractivity contribution in [1.29, 1.82) is 0 Å². The largest absolute Gasteiger partial charge is 0.416 e. The summed E-state index contributed by atoms with van der Waals surface area (Å²) in [4.78, 5) is 6.37. The highest BCUT2D eigenvalue weighted by atomic mass is 35.5. The zero-order chi connectivity index (χ0) is 25.3. The molecule has 3 aromatic carbocycles. The number of benzene rings is 3. The Balaban J connectivity index is 1.51. The molecule has 1 fully saturated rings. The number of likely N-dealkylation sites (tertiary alicyclic amines) is 1. The summed E-state index contributed by atoms with van der Waals surface area (Å²) >= 11 is 6.09. The fraction of sp³-hybridized carbons (Fsp3) is 0.250. The van der Waals surface area contributed by atoms with Crippen LogP contribution in [-0.4, -0.2) is 23.0 Å². The summed E-state index contributed by atoms with van der Waals surface area (Å²) in [5.41, 5.74) is 2.22. The van der Waals surface area contributed by atoms with Crippen molar-refractivity contribution in [3.8, 4) is 0 Å². The van der Waals surface area contributed by atoms with E-state index in [2.05, 4.69) is 15.2 Å². The molecule has 0 bridgehead atoms. The molecule has 1 unspecified atom stereocenters. The van der Waals surface area contributed by atoms with Crippen LogP contribution in [0.3, 0.4) is 0 Å². The molecule has 8 heteroatoms. The van der Waals surface area contributed by atoms with Gasteiger partial charge in [0.1, 0.15) is 5.82 Å². The minimum atomic E-state index is -4.46. The van der Waals surface area contributed by atoms with Crippen LogP contribution in [0.2, 0.25) is 5.02 Å². The molecule has 4 aromatic rings. The van der Waals surface area contributed by atoms with Gasteiger partial charge in [0.05, 0.1) is 17.1 Å². The van der Waals surface area contributed by atoms with E-state index in [-0.39, 0.29) is 11.3 Å². The van der Waals surface area contributed by atoms with Crippen LogP contribution in [0.1, 0.15) is 41.1 Å². The standard InChI is InChI=1S/C28H24ClF4N3/c29-22-8-5-18(6-9-22)27(19-3-4-20(24(30)15-19)17-36-13-1-2-14-36)35-25-11-12-34-26-16-21(28(31,32)33)7-10-23(25)26/h3-12,15-16,27H,1-2,13-14,17H2,(H,34,35). The molecule has 2 heterocycles. The maximum absolute atomic E-state index is 15.2. The fourth-order valence-electron chi connectivity index (χ4n) is 4.67. The van der Waals surface area contributed by atoms with Gasteiger partial charge < -0.3 is 5.32 Å². The summed E-state index contributed by atoms with van der Waals surface area (Å²) < 4.78 is 54.8. The van der Waals surface area contributed by atoms with E-state index >= 15 is 4.39 Å². The second kappa shape index (κ2) is 10.1. The first-order valence-corrected chi connectivity index (χ1v) is 12.1. The van der Waals surface area contributed by atoms with Crippen LogP contribution in [0.4, 0.5) is 23.2 Å². The number of hydrogen-bond donors (Lipinski definition) is 1. The molecule has 36 heavy (non-hydrogen) atoms. The molecule has 1 saturated heterocycles. The Morgan fingerprint density at radius 3 is 2.33 bits per heavy atom. The predicted octanol–water partition coefficient (Wildman–Crippen LogP) is 7.84. The summed E-state index contributed by atoms with van der Waals surface area (Å²) in [7, 11) is 0. The van der Waals surface area contributed by atoms with Gasteiger partial charge in [0.25, 0.3) is 0 Å². The highest BCUT2D eigenvalue weighted by molar-refractivity contribution is 6.30. The van der Waals surface area contributed by atoms with E-state index in [0.29, 0.717) is 33.8 Å². The van der Waals surface area contributed by atoms with Crippen LogP contribution >= 0.6 is 11.6 Å². The Hall–Kier alpha value is -3.16. The van der Waals surface area contributed by atoms with Gasteiger partial charge in [-0.25, -0.2) is 4.39 Å². The summed E-state index contributed by atoms with van der Waals surface area (Å²) in [6.45, 7) is 2.52. The molecule has 1 aromatic heterocycles. The maximum atomic E-state index is 15.2. The quantitative estimate of drug-likeness (QED) is 0.266. The van der Waals surface area contributed by atoms with Crippen molar-refractivity contribution in [3.63, 3.8) is 0 Å². The fourth-order valence-corrected chi connectivity index (χ4v) is 4.80. The van der Waals surface area contributed by atoms with Crippen LogP contribution in [-0.2, 0) is 12.7 Å². The van der Waals surface area contributed by atoms with Crippen molar-refractivity contribution in [3.05, 3.63) is 106 Å². The monoisotopic (exact) mass is 513 g/mol. The van der Waals surface area contributed by atoms with Gasteiger partial charge in [0.15, 0.2) is 0 Å². The van der Waals surface area contributed by atoms with Crippen LogP contribution in [0, 0.1) is 5.82 Å². The maximum Gasteiger partial charge on any atom is 0.416 e. The van der Waals surface area contributed by atoms with Gasteiger partial charge in [0.2, 0.25) is 0 Å². The van der Waals surface area contributed by atoms with Gasteiger partial charge in [-0.3, -0.25) is 9.88 Å². The number of alkyl halides is 3. The lowest BCUT2D eigenvalue weighted by atomic mass is 9.96. The first kappa shape index (κ1) is 24.5. The number of hydrogen-bond acceptors (Lipinski definition) is 3. The zero-order valence-electron chi connectivity index (χ0n) is 19.3. The molecule has 1 atom stereocenters. The van der Waals surface area contributed by atoms with Crippen molar-refractivity contribution in [2.45, 2.75) is 31.6 Å². The van der Waals surface area contributed by atoms with Crippen LogP contribution in [0.5, 0.6) is 0 Å². The lowest BCUT2D eigenvalue weighted by Crippen LogP contribution is -2.19. The molecule has 0 saturated carbocycles. The molecular weight excluding hydrogens is 490 g/mol. The van der Waals surface area contributed by atoms with Gasteiger partial charge in [0, 0.05) is 34.4 Å². The SMILES string of the molecule is Fc1cc(C(Nc2ccnc3cc(C(F)(F)F)ccc23)c2ccc(Cl)cc2)ccc1CN1CCCC1. The third-order valence-corrected chi connectivity index (χ3v) is 6.83. The highest BCUT2D eigenvalue weighted by Gasteiger charge is 2.30. The second-order valence-corrected chi connectivity index (χ2v) is 9.49. The average Bonchev–Trinajstić information content (AvgIpc) is 3.37. The van der Waals surface area contributed by atoms with Gasteiger partial charge in [-0.1, -0.05) is 41.9 Å². The lowest BCUT2D eigenvalue weighted by Gasteiger charge is -2.23. The van der Waals surface area contributed by atoms with Crippen molar-refractivity contribution >= 4 is 28.2 Å². The average molecular weight is 514 g/mol. The van der Waals surface area contributed by atoms with E-state index in [4.69, 9.17) is 11.6 Å². The molecule has 0 radical (unpaired) electrons. The lowest BCUT2D eigenvalue weighted by molar-refractivity contribution is -0.137. The molecule has 186 valence electrons. The third kappa shape index (κ3) is 5.32. The van der Waals surface area contributed by atoms with Crippen molar-refractivity contribution in [1.82, 2.24) is 9.88 Å². The minimum Gasteiger partial charge on any atom is -0.374 e. The Morgan fingerprint density at radius 1 is 0.917 bits per heavy atom. The van der Waals surface area contributed by atoms with Gasteiger partial charge in [-0.2, -0.15) is 13.2 Å². The third-order valence-electron chi connectivity index (χ3n) is 6.58. The first-order chi connectivity index (χ1) is 17.3. The van der Waals surface area contributed by atoms with Crippen molar-refractivity contribution in [2.24, 2.45) is 0 Å². The van der Waals surface area contributed by atoms with E-state index in [1.165, 1.54) is 18.3 Å². The topological polar surface area (TPSA) is 28.2 Å². The highest BCUT2D eigenvalue weighted by Crippen LogP contribution is 2.35. The number of aromatic nitrogens is 1. The zero-order valence-corrected chi connectivity index (χ0v) is 20.1. The molecule has 3 nitrogen and oxygen atoms in total. The molecule has 1 aliphatic rings. The smallest absolute Gasteiger partial charge is 0.374 e.